The molecule has 25 heavy (non-hydrogen) atoms. The van der Waals surface area contributed by atoms with Crippen molar-refractivity contribution in [1.82, 2.24) is 10.2 Å². The number of carbonyl (C=O) groups excluding carboxylic acids is 3. The van der Waals surface area contributed by atoms with Crippen molar-refractivity contribution in [2.24, 2.45) is 0 Å². The Morgan fingerprint density at radius 3 is 2.40 bits per heavy atom. The lowest BCUT2D eigenvalue weighted by Crippen LogP contribution is -2.40. The number of rotatable bonds is 5. The van der Waals surface area contributed by atoms with E-state index in [9.17, 15) is 14.4 Å². The maximum Gasteiger partial charge on any atom is 0.417 e. The highest BCUT2D eigenvalue weighted by molar-refractivity contribution is 9.10. The summed E-state index contributed by atoms with van der Waals surface area (Å²) in [4.78, 5) is 37.1. The number of ether oxygens (including phenoxy) is 1. The average molecular weight is 403 g/mol. The Labute approximate surface area is 152 Å². The van der Waals surface area contributed by atoms with Crippen LogP contribution in [0.3, 0.4) is 0 Å². The second-order valence-corrected chi connectivity index (χ2v) is 6.42. The van der Waals surface area contributed by atoms with Gasteiger partial charge in [-0.2, -0.15) is 0 Å². The van der Waals surface area contributed by atoms with Crippen LogP contribution in [0.4, 0.5) is 4.79 Å². The van der Waals surface area contributed by atoms with E-state index < -0.39 is 18.0 Å². The molecule has 1 atom stereocenters. The van der Waals surface area contributed by atoms with Gasteiger partial charge in [0, 0.05) is 10.0 Å². The van der Waals surface area contributed by atoms with Gasteiger partial charge in [0.25, 0.3) is 11.8 Å². The molecule has 0 bridgehead atoms. The summed E-state index contributed by atoms with van der Waals surface area (Å²) in [5.74, 6) is -0.704. The largest absolute Gasteiger partial charge is 0.439 e. The smallest absolute Gasteiger partial charge is 0.417 e. The van der Waals surface area contributed by atoms with Crippen LogP contribution in [0.1, 0.15) is 22.0 Å². The van der Waals surface area contributed by atoms with Crippen molar-refractivity contribution in [3.63, 3.8) is 0 Å². The third kappa shape index (κ3) is 4.06. The van der Waals surface area contributed by atoms with E-state index >= 15 is 0 Å². The van der Waals surface area contributed by atoms with Crippen molar-refractivity contribution < 1.29 is 19.1 Å². The Balaban J connectivity index is 1.81. The summed E-state index contributed by atoms with van der Waals surface area (Å²) in [6.45, 7) is -0.245. The second-order valence-electron chi connectivity index (χ2n) is 5.50. The molecule has 7 heteroatoms. The van der Waals surface area contributed by atoms with Crippen LogP contribution in [-0.2, 0) is 9.53 Å². The number of amides is 3. The van der Waals surface area contributed by atoms with E-state index in [0.717, 1.165) is 14.9 Å². The van der Waals surface area contributed by atoms with Gasteiger partial charge in [-0.05, 0) is 29.8 Å². The fourth-order valence-electron chi connectivity index (χ4n) is 2.50. The Morgan fingerprint density at radius 1 is 1.12 bits per heavy atom. The Morgan fingerprint density at radius 2 is 1.80 bits per heavy atom. The first-order valence-electron chi connectivity index (χ1n) is 7.63. The topological polar surface area (TPSA) is 75.7 Å². The summed E-state index contributed by atoms with van der Waals surface area (Å²) in [6, 6.07) is 15.6. The number of hydrogen-bond donors (Lipinski definition) is 1. The molecule has 1 aliphatic rings. The predicted octanol–water partition coefficient (Wildman–Crippen LogP) is 2.90. The van der Waals surface area contributed by atoms with Gasteiger partial charge in [-0.3, -0.25) is 9.59 Å². The standard InChI is InChI=1S/C18H15BrN2O4/c19-14-8-6-13(7-9-14)17(23)20-15(12-4-2-1-3-5-12)10-21-16(22)11-25-18(21)24/h1-9,15H,10-11H2,(H,20,23)/t15-/m0/s1. The molecule has 1 heterocycles. The maximum atomic E-state index is 12.5. The van der Waals surface area contributed by atoms with Crippen LogP contribution in [0.25, 0.3) is 0 Å². The van der Waals surface area contributed by atoms with Crippen molar-refractivity contribution in [2.75, 3.05) is 13.2 Å². The second kappa shape index (κ2) is 7.48. The third-order valence-electron chi connectivity index (χ3n) is 3.82. The van der Waals surface area contributed by atoms with Gasteiger partial charge < -0.3 is 10.1 Å². The minimum atomic E-state index is -0.691. The van der Waals surface area contributed by atoms with Crippen LogP contribution < -0.4 is 5.32 Å². The van der Waals surface area contributed by atoms with Gasteiger partial charge in [0.1, 0.15) is 0 Å². The van der Waals surface area contributed by atoms with Crippen molar-refractivity contribution in [3.05, 3.63) is 70.2 Å². The summed E-state index contributed by atoms with van der Waals surface area (Å²) in [5, 5.41) is 2.88. The highest BCUT2D eigenvalue weighted by atomic mass is 79.9. The number of halogens is 1. The lowest BCUT2D eigenvalue weighted by Gasteiger charge is -2.23. The lowest BCUT2D eigenvalue weighted by atomic mass is 10.1. The fourth-order valence-corrected chi connectivity index (χ4v) is 2.77. The zero-order valence-electron chi connectivity index (χ0n) is 13.1. The highest BCUT2D eigenvalue weighted by Gasteiger charge is 2.33. The van der Waals surface area contributed by atoms with E-state index in [2.05, 4.69) is 21.2 Å². The number of nitrogens with zero attached hydrogens (tertiary/aromatic N) is 1. The molecule has 2 aromatic carbocycles. The van der Waals surface area contributed by atoms with Crippen LogP contribution in [0.2, 0.25) is 0 Å². The Kier molecular flexibility index (Phi) is 5.14. The van der Waals surface area contributed by atoms with Gasteiger partial charge in [-0.1, -0.05) is 46.3 Å². The molecule has 1 fully saturated rings. The normalized spacial score (nSPS) is 15.0. The molecule has 3 rings (SSSR count). The minimum absolute atomic E-state index is 0.0178. The highest BCUT2D eigenvalue weighted by Crippen LogP contribution is 2.18. The third-order valence-corrected chi connectivity index (χ3v) is 4.35. The molecule has 0 spiro atoms. The molecule has 128 valence electrons. The number of nitrogens with one attached hydrogen (secondary N) is 1. The predicted molar refractivity (Wildman–Crippen MR) is 93.9 cm³/mol. The zero-order valence-corrected chi connectivity index (χ0v) is 14.7. The molecule has 0 unspecified atom stereocenters. The number of imide groups is 1. The zero-order chi connectivity index (χ0) is 17.8. The van der Waals surface area contributed by atoms with Gasteiger partial charge in [0.15, 0.2) is 6.61 Å². The molecule has 0 saturated carbocycles. The quantitative estimate of drug-likeness (QED) is 0.833. The first kappa shape index (κ1) is 17.2. The molecule has 0 radical (unpaired) electrons. The summed E-state index contributed by atoms with van der Waals surface area (Å²) in [6.07, 6.45) is -0.691. The molecule has 2 aromatic rings. The maximum absolute atomic E-state index is 12.5. The van der Waals surface area contributed by atoms with E-state index in [1.807, 2.05) is 30.3 Å². The molecule has 0 aromatic heterocycles. The SMILES string of the molecule is O=C(N[C@@H](CN1C(=O)COC1=O)c1ccccc1)c1ccc(Br)cc1. The summed E-state index contributed by atoms with van der Waals surface area (Å²) < 4.78 is 5.61. The number of carbonyl (C=O) groups is 3. The Hall–Kier alpha value is -2.67. The fraction of sp³-hybridized carbons (Fsp3) is 0.167. The van der Waals surface area contributed by atoms with Crippen LogP contribution in [0.15, 0.2) is 59.1 Å². The van der Waals surface area contributed by atoms with Crippen molar-refractivity contribution >= 4 is 33.8 Å². The van der Waals surface area contributed by atoms with E-state index in [1.165, 1.54) is 0 Å². The van der Waals surface area contributed by atoms with Gasteiger partial charge >= 0.3 is 6.09 Å². The van der Waals surface area contributed by atoms with Crippen LogP contribution in [0, 0.1) is 0 Å². The lowest BCUT2D eigenvalue weighted by molar-refractivity contribution is -0.126. The van der Waals surface area contributed by atoms with Crippen LogP contribution >= 0.6 is 15.9 Å². The van der Waals surface area contributed by atoms with Crippen molar-refractivity contribution in [3.8, 4) is 0 Å². The molecular formula is C18H15BrN2O4. The number of cyclic esters (lactones) is 1. The van der Waals surface area contributed by atoms with Crippen LogP contribution in [0.5, 0.6) is 0 Å². The van der Waals surface area contributed by atoms with E-state index in [4.69, 9.17) is 4.74 Å². The molecule has 1 N–H and O–H groups in total. The minimum Gasteiger partial charge on any atom is -0.439 e. The van der Waals surface area contributed by atoms with Gasteiger partial charge in [0.05, 0.1) is 12.6 Å². The Bertz CT molecular complexity index is 776. The van der Waals surface area contributed by atoms with Gasteiger partial charge in [-0.15, -0.1) is 0 Å². The molecule has 0 aliphatic carbocycles. The monoisotopic (exact) mass is 402 g/mol. The number of benzene rings is 2. The number of hydrogen-bond acceptors (Lipinski definition) is 4. The summed E-state index contributed by atoms with van der Waals surface area (Å²) >= 11 is 3.33. The molecule has 1 saturated heterocycles. The van der Waals surface area contributed by atoms with E-state index in [1.54, 1.807) is 24.3 Å². The van der Waals surface area contributed by atoms with Crippen LogP contribution in [-0.4, -0.2) is 36.0 Å². The average Bonchev–Trinajstić information content (AvgIpc) is 2.94. The summed E-state index contributed by atoms with van der Waals surface area (Å²) in [7, 11) is 0. The van der Waals surface area contributed by atoms with Crippen molar-refractivity contribution in [1.29, 1.82) is 0 Å². The summed E-state index contributed by atoms with van der Waals surface area (Å²) in [5.41, 5.74) is 1.28. The molecular weight excluding hydrogens is 388 g/mol. The van der Waals surface area contributed by atoms with Gasteiger partial charge in [-0.25, -0.2) is 9.69 Å². The van der Waals surface area contributed by atoms with E-state index in [-0.39, 0.29) is 19.1 Å². The van der Waals surface area contributed by atoms with Gasteiger partial charge in [0.2, 0.25) is 0 Å². The molecule has 1 aliphatic heterocycles. The molecule has 6 nitrogen and oxygen atoms in total. The first-order valence-corrected chi connectivity index (χ1v) is 8.42. The molecule has 3 amide bonds. The van der Waals surface area contributed by atoms with Crippen molar-refractivity contribution in [2.45, 2.75) is 6.04 Å². The first-order chi connectivity index (χ1) is 12.0. The van der Waals surface area contributed by atoms with E-state index in [0.29, 0.717) is 5.56 Å².